The molecule has 2 heterocycles. The summed E-state index contributed by atoms with van der Waals surface area (Å²) in [6.45, 7) is 5.75. The molecular formula is C25H34F2N4O3S. The summed E-state index contributed by atoms with van der Waals surface area (Å²) in [6, 6.07) is 3.39. The molecular weight excluding hydrogens is 474 g/mol. The van der Waals surface area contributed by atoms with Crippen LogP contribution in [0.2, 0.25) is 0 Å². The van der Waals surface area contributed by atoms with E-state index in [1.165, 1.54) is 22.7 Å². The van der Waals surface area contributed by atoms with Crippen LogP contribution in [0, 0.1) is 5.82 Å². The molecule has 0 spiro atoms. The van der Waals surface area contributed by atoms with Gasteiger partial charge in [0.15, 0.2) is 0 Å². The van der Waals surface area contributed by atoms with Crippen molar-refractivity contribution in [1.82, 2.24) is 14.9 Å². The van der Waals surface area contributed by atoms with E-state index < -0.39 is 29.2 Å². The maximum Gasteiger partial charge on any atom is 0.410 e. The Morgan fingerprint density at radius 2 is 2.03 bits per heavy atom. The fourth-order valence-electron chi connectivity index (χ4n) is 4.68. The van der Waals surface area contributed by atoms with E-state index in [0.717, 1.165) is 25.7 Å². The third-order valence-electron chi connectivity index (χ3n) is 6.30. The van der Waals surface area contributed by atoms with E-state index in [1.807, 2.05) is 0 Å². The zero-order valence-corrected chi connectivity index (χ0v) is 21.4. The second kappa shape index (κ2) is 10.7. The molecule has 2 fully saturated rings. The highest BCUT2D eigenvalue weighted by Gasteiger charge is 2.30. The minimum absolute atomic E-state index is 0.00702. The molecule has 1 amide bonds. The first-order chi connectivity index (χ1) is 16.6. The molecule has 10 heteroatoms. The zero-order valence-electron chi connectivity index (χ0n) is 20.5. The zero-order chi connectivity index (χ0) is 25.2. The van der Waals surface area contributed by atoms with Gasteiger partial charge < -0.3 is 19.9 Å². The third kappa shape index (κ3) is 6.86. The molecule has 2 N–H and O–H groups in total. The summed E-state index contributed by atoms with van der Waals surface area (Å²) in [5.41, 5.74) is -0.214. The van der Waals surface area contributed by atoms with Crippen LogP contribution in [0.5, 0.6) is 0 Å². The number of alkyl halides is 1. The van der Waals surface area contributed by atoms with Gasteiger partial charge in [0.2, 0.25) is 0 Å². The topological polar surface area (TPSA) is 87.3 Å². The van der Waals surface area contributed by atoms with Gasteiger partial charge in [-0.2, -0.15) is 11.8 Å². The molecule has 1 aromatic carbocycles. The lowest BCUT2D eigenvalue weighted by molar-refractivity contribution is 0.0221. The van der Waals surface area contributed by atoms with Gasteiger partial charge in [-0.15, -0.1) is 0 Å². The van der Waals surface area contributed by atoms with Crippen LogP contribution >= 0.6 is 11.8 Å². The first-order valence-corrected chi connectivity index (χ1v) is 13.3. The van der Waals surface area contributed by atoms with E-state index >= 15 is 0 Å². The standard InChI is InChI=1S/C25H34F2N4O3S/c1-25(2,3)34-24(33)31-9-8-18(10-15(26)13-31)35-14-21-29-20-12-17(28-16-6-4-5-7-16)11-19(27)22(20)23(32)30-21/h11-12,15-16,18,28H,4-10,13-14H2,1-3H3,(H,29,30,32)/t15-,18-/m1/s1. The SMILES string of the molecule is CC(C)(C)OC(=O)N1CC[C@@H](SCc2nc3cc(NC4CCCC4)cc(F)c3c(=O)[nH]2)C[C@@H](F)C1. The molecule has 0 radical (unpaired) electrons. The lowest BCUT2D eigenvalue weighted by Gasteiger charge is -2.26. The van der Waals surface area contributed by atoms with Gasteiger partial charge in [-0.25, -0.2) is 18.6 Å². The summed E-state index contributed by atoms with van der Waals surface area (Å²) in [6.07, 6.45) is 3.64. The molecule has 35 heavy (non-hydrogen) atoms. The number of nitrogens with zero attached hydrogens (tertiary/aromatic N) is 2. The predicted octanol–water partition coefficient (Wildman–Crippen LogP) is 5.39. The van der Waals surface area contributed by atoms with Gasteiger partial charge in [0.25, 0.3) is 5.56 Å². The van der Waals surface area contributed by atoms with E-state index in [1.54, 1.807) is 26.8 Å². The maximum absolute atomic E-state index is 14.7. The Balaban J connectivity index is 1.42. The number of anilines is 1. The molecule has 1 aromatic heterocycles. The number of hydrogen-bond acceptors (Lipinski definition) is 6. The number of carbonyl (C=O) groups is 1. The minimum atomic E-state index is -1.16. The highest BCUT2D eigenvalue weighted by atomic mass is 32.2. The first-order valence-electron chi connectivity index (χ1n) is 12.3. The van der Waals surface area contributed by atoms with Crippen LogP contribution in [0.1, 0.15) is 65.1 Å². The van der Waals surface area contributed by atoms with Gasteiger partial charge in [0.05, 0.1) is 17.8 Å². The third-order valence-corrected chi connectivity index (χ3v) is 7.64. The van der Waals surface area contributed by atoms with Gasteiger partial charge in [-0.3, -0.25) is 4.79 Å². The number of rotatable bonds is 5. The van der Waals surface area contributed by atoms with Crippen molar-refractivity contribution in [2.24, 2.45) is 0 Å². The number of H-pyrrole nitrogens is 1. The van der Waals surface area contributed by atoms with Crippen LogP contribution in [0.15, 0.2) is 16.9 Å². The highest BCUT2D eigenvalue weighted by molar-refractivity contribution is 7.99. The maximum atomic E-state index is 14.7. The summed E-state index contributed by atoms with van der Waals surface area (Å²) >= 11 is 1.49. The van der Waals surface area contributed by atoms with Crippen LogP contribution in [0.3, 0.4) is 0 Å². The summed E-state index contributed by atoms with van der Waals surface area (Å²) in [4.78, 5) is 33.6. The number of benzene rings is 1. The monoisotopic (exact) mass is 508 g/mol. The first kappa shape index (κ1) is 25.7. The van der Waals surface area contributed by atoms with Crippen LogP contribution in [-0.4, -0.2) is 57.1 Å². The Bertz CT molecular complexity index is 1110. The van der Waals surface area contributed by atoms with Crippen molar-refractivity contribution in [1.29, 1.82) is 0 Å². The van der Waals surface area contributed by atoms with Crippen LogP contribution in [0.25, 0.3) is 10.9 Å². The number of carbonyl (C=O) groups excluding carboxylic acids is 1. The largest absolute Gasteiger partial charge is 0.444 e. The number of ether oxygens (including phenoxy) is 1. The number of nitrogens with one attached hydrogen (secondary N) is 2. The van der Waals surface area contributed by atoms with Crippen LogP contribution < -0.4 is 10.9 Å². The number of halogens is 2. The Kier molecular flexibility index (Phi) is 7.88. The molecule has 1 aliphatic carbocycles. The number of hydrogen-bond donors (Lipinski definition) is 2. The Morgan fingerprint density at radius 1 is 1.29 bits per heavy atom. The van der Waals surface area contributed by atoms with E-state index in [4.69, 9.17) is 4.74 Å². The fourth-order valence-corrected chi connectivity index (χ4v) is 5.83. The second-order valence-corrected chi connectivity index (χ2v) is 11.8. The van der Waals surface area contributed by atoms with Crippen molar-refractivity contribution < 1.29 is 18.3 Å². The number of aromatic nitrogens is 2. The normalized spacial score (nSPS) is 21.8. The fraction of sp³-hybridized carbons (Fsp3) is 0.640. The minimum Gasteiger partial charge on any atom is -0.444 e. The van der Waals surface area contributed by atoms with E-state index in [9.17, 15) is 18.4 Å². The van der Waals surface area contributed by atoms with Crippen molar-refractivity contribution in [2.45, 2.75) is 88.1 Å². The van der Waals surface area contributed by atoms with E-state index in [-0.39, 0.29) is 17.2 Å². The summed E-state index contributed by atoms with van der Waals surface area (Å²) in [5, 5.41) is 3.25. The molecule has 1 saturated carbocycles. The number of likely N-dealkylation sites (tertiary alicyclic amines) is 1. The lowest BCUT2D eigenvalue weighted by Crippen LogP contribution is -2.39. The molecule has 2 aromatic rings. The Morgan fingerprint density at radius 3 is 2.74 bits per heavy atom. The van der Waals surface area contributed by atoms with Gasteiger partial charge >= 0.3 is 6.09 Å². The van der Waals surface area contributed by atoms with Gasteiger partial charge in [-0.1, -0.05) is 12.8 Å². The molecule has 0 unspecified atom stereocenters. The van der Waals surface area contributed by atoms with Crippen molar-refractivity contribution in [3.8, 4) is 0 Å². The van der Waals surface area contributed by atoms with Gasteiger partial charge in [0, 0.05) is 23.5 Å². The molecule has 4 rings (SSSR count). The number of fused-ring (bicyclic) bond motifs is 1. The lowest BCUT2D eigenvalue weighted by atomic mass is 10.2. The van der Waals surface area contributed by atoms with Crippen LogP contribution in [0.4, 0.5) is 19.3 Å². The average molecular weight is 509 g/mol. The smallest absolute Gasteiger partial charge is 0.410 e. The molecule has 0 bridgehead atoms. The molecule has 1 aliphatic heterocycles. The average Bonchev–Trinajstić information content (AvgIpc) is 3.17. The summed E-state index contributed by atoms with van der Waals surface area (Å²) in [7, 11) is 0. The number of aromatic amines is 1. The summed E-state index contributed by atoms with van der Waals surface area (Å²) in [5.74, 6) is 0.187. The molecule has 192 valence electrons. The Hall–Kier alpha value is -2.36. The highest BCUT2D eigenvalue weighted by Crippen LogP contribution is 2.29. The second-order valence-electron chi connectivity index (χ2n) is 10.5. The van der Waals surface area contributed by atoms with E-state index in [2.05, 4.69) is 15.3 Å². The van der Waals surface area contributed by atoms with Gasteiger partial charge in [0.1, 0.15) is 28.8 Å². The quantitative estimate of drug-likeness (QED) is 0.563. The van der Waals surface area contributed by atoms with Crippen molar-refractivity contribution >= 4 is 34.4 Å². The number of thioether (sulfide) groups is 1. The Labute approximate surface area is 208 Å². The van der Waals surface area contributed by atoms with Crippen molar-refractivity contribution in [2.75, 3.05) is 18.4 Å². The molecule has 1 saturated heterocycles. The van der Waals surface area contributed by atoms with Crippen molar-refractivity contribution in [3.05, 3.63) is 34.1 Å². The van der Waals surface area contributed by atoms with Crippen LogP contribution in [-0.2, 0) is 10.5 Å². The molecule has 2 aliphatic rings. The van der Waals surface area contributed by atoms with Crippen molar-refractivity contribution in [3.63, 3.8) is 0 Å². The number of amides is 1. The predicted molar refractivity (Wildman–Crippen MR) is 135 cm³/mol. The van der Waals surface area contributed by atoms with Gasteiger partial charge in [-0.05, 0) is 58.6 Å². The molecule has 7 nitrogen and oxygen atoms in total. The molecule has 2 atom stereocenters. The van der Waals surface area contributed by atoms with E-state index in [0.29, 0.717) is 48.2 Å². The summed E-state index contributed by atoms with van der Waals surface area (Å²) < 4.78 is 34.7.